The molecule has 31 heavy (non-hydrogen) atoms. The van der Waals surface area contributed by atoms with Gasteiger partial charge in [0.15, 0.2) is 0 Å². The molecule has 0 spiro atoms. The van der Waals surface area contributed by atoms with Crippen molar-refractivity contribution in [1.29, 1.82) is 5.26 Å². The van der Waals surface area contributed by atoms with Crippen molar-refractivity contribution in [2.24, 2.45) is 0 Å². The van der Waals surface area contributed by atoms with E-state index in [0.29, 0.717) is 48.0 Å². The van der Waals surface area contributed by atoms with Gasteiger partial charge >= 0.3 is 6.09 Å². The molecule has 1 saturated heterocycles. The van der Waals surface area contributed by atoms with E-state index in [1.807, 2.05) is 31.7 Å². The SMILES string of the molecule is CC(C)(C)OC(=O)N1CCN(c2cccc(NC(=O)c3cccc(Cl)c3)c2C#N)CC1. The third kappa shape index (κ3) is 5.68. The number of benzene rings is 2. The summed E-state index contributed by atoms with van der Waals surface area (Å²) in [5, 5.41) is 13.1. The highest BCUT2D eigenvalue weighted by Crippen LogP contribution is 2.28. The van der Waals surface area contributed by atoms with Crippen LogP contribution in [0.25, 0.3) is 0 Å². The van der Waals surface area contributed by atoms with Gasteiger partial charge in [0.1, 0.15) is 11.7 Å². The second-order valence-corrected chi connectivity index (χ2v) is 8.67. The number of nitriles is 1. The van der Waals surface area contributed by atoms with Gasteiger partial charge in [0.2, 0.25) is 0 Å². The number of piperazine rings is 1. The molecule has 0 aromatic heterocycles. The van der Waals surface area contributed by atoms with Crippen molar-refractivity contribution in [3.63, 3.8) is 0 Å². The van der Waals surface area contributed by atoms with Crippen LogP contribution in [0.4, 0.5) is 16.2 Å². The molecule has 0 aliphatic carbocycles. The first-order valence-electron chi connectivity index (χ1n) is 10.0. The van der Waals surface area contributed by atoms with E-state index < -0.39 is 5.60 Å². The fourth-order valence-electron chi connectivity index (χ4n) is 3.31. The lowest BCUT2D eigenvalue weighted by molar-refractivity contribution is 0.0240. The summed E-state index contributed by atoms with van der Waals surface area (Å²) in [5.74, 6) is -0.342. The van der Waals surface area contributed by atoms with Crippen LogP contribution >= 0.6 is 11.6 Å². The highest BCUT2D eigenvalue weighted by molar-refractivity contribution is 6.31. The van der Waals surface area contributed by atoms with Gasteiger partial charge in [0.25, 0.3) is 5.91 Å². The molecule has 0 atom stereocenters. The number of ether oxygens (including phenoxy) is 1. The summed E-state index contributed by atoms with van der Waals surface area (Å²) in [7, 11) is 0. The van der Waals surface area contributed by atoms with Crippen molar-refractivity contribution in [3.8, 4) is 6.07 Å². The number of nitrogens with zero attached hydrogens (tertiary/aromatic N) is 3. The van der Waals surface area contributed by atoms with E-state index in [1.165, 1.54) is 0 Å². The minimum absolute atomic E-state index is 0.338. The second kappa shape index (κ2) is 9.27. The molecule has 1 aliphatic rings. The number of hydrogen-bond acceptors (Lipinski definition) is 5. The van der Waals surface area contributed by atoms with Gasteiger partial charge in [-0.15, -0.1) is 0 Å². The normalized spacial score (nSPS) is 14.0. The second-order valence-electron chi connectivity index (χ2n) is 8.23. The molecule has 1 aliphatic heterocycles. The topological polar surface area (TPSA) is 85.7 Å². The van der Waals surface area contributed by atoms with Gasteiger partial charge in [-0.25, -0.2) is 4.79 Å². The van der Waals surface area contributed by atoms with E-state index in [4.69, 9.17) is 16.3 Å². The molecular formula is C23H25ClN4O3. The molecule has 1 fully saturated rings. The fraction of sp³-hybridized carbons (Fsp3) is 0.348. The minimum Gasteiger partial charge on any atom is -0.444 e. The van der Waals surface area contributed by atoms with E-state index in [2.05, 4.69) is 11.4 Å². The summed E-state index contributed by atoms with van der Waals surface area (Å²) in [5.41, 5.74) is 1.39. The Balaban J connectivity index is 1.73. The van der Waals surface area contributed by atoms with E-state index in [-0.39, 0.29) is 12.0 Å². The number of anilines is 2. The van der Waals surface area contributed by atoms with Crippen LogP contribution in [0.15, 0.2) is 42.5 Å². The zero-order valence-electron chi connectivity index (χ0n) is 17.8. The molecule has 2 aromatic carbocycles. The molecule has 1 N–H and O–H groups in total. The molecular weight excluding hydrogens is 416 g/mol. The lowest BCUT2D eigenvalue weighted by Gasteiger charge is -2.37. The summed E-state index contributed by atoms with van der Waals surface area (Å²) in [6, 6.07) is 14.2. The van der Waals surface area contributed by atoms with E-state index >= 15 is 0 Å². The molecule has 1 heterocycles. The van der Waals surface area contributed by atoms with Crippen LogP contribution in [-0.2, 0) is 4.74 Å². The Bertz CT molecular complexity index is 1020. The smallest absolute Gasteiger partial charge is 0.410 e. The predicted octanol–water partition coefficient (Wildman–Crippen LogP) is 4.52. The number of carbonyl (C=O) groups is 2. The highest BCUT2D eigenvalue weighted by atomic mass is 35.5. The molecule has 0 radical (unpaired) electrons. The summed E-state index contributed by atoms with van der Waals surface area (Å²) in [6.07, 6.45) is -0.338. The zero-order valence-corrected chi connectivity index (χ0v) is 18.6. The third-order valence-corrected chi connectivity index (χ3v) is 5.00. The predicted molar refractivity (Wildman–Crippen MR) is 121 cm³/mol. The first-order valence-corrected chi connectivity index (χ1v) is 10.4. The third-order valence-electron chi connectivity index (χ3n) is 4.76. The van der Waals surface area contributed by atoms with E-state index in [9.17, 15) is 14.9 Å². The van der Waals surface area contributed by atoms with Crippen molar-refractivity contribution >= 4 is 35.0 Å². The number of halogens is 1. The average molecular weight is 441 g/mol. The zero-order chi connectivity index (χ0) is 22.6. The van der Waals surface area contributed by atoms with Crippen molar-refractivity contribution in [2.45, 2.75) is 26.4 Å². The molecule has 8 heteroatoms. The van der Waals surface area contributed by atoms with Crippen molar-refractivity contribution in [1.82, 2.24) is 4.90 Å². The number of nitrogens with one attached hydrogen (secondary N) is 1. The molecule has 162 valence electrons. The van der Waals surface area contributed by atoms with Crippen LogP contribution in [0.2, 0.25) is 5.02 Å². The average Bonchev–Trinajstić information content (AvgIpc) is 2.72. The number of carbonyl (C=O) groups excluding carboxylic acids is 2. The van der Waals surface area contributed by atoms with Crippen LogP contribution in [0.5, 0.6) is 0 Å². The molecule has 0 bridgehead atoms. The minimum atomic E-state index is -0.544. The molecule has 0 unspecified atom stereocenters. The maximum absolute atomic E-state index is 12.6. The van der Waals surface area contributed by atoms with Crippen molar-refractivity contribution in [3.05, 3.63) is 58.6 Å². The van der Waals surface area contributed by atoms with Crippen LogP contribution in [0, 0.1) is 11.3 Å². The van der Waals surface area contributed by atoms with Crippen LogP contribution in [0.1, 0.15) is 36.7 Å². The number of amides is 2. The maximum atomic E-state index is 12.6. The van der Waals surface area contributed by atoms with Gasteiger partial charge in [0.05, 0.1) is 16.9 Å². The van der Waals surface area contributed by atoms with E-state index in [1.54, 1.807) is 41.3 Å². The van der Waals surface area contributed by atoms with Gasteiger partial charge < -0.3 is 19.9 Å². The monoisotopic (exact) mass is 440 g/mol. The summed E-state index contributed by atoms with van der Waals surface area (Å²) >= 11 is 5.97. The summed E-state index contributed by atoms with van der Waals surface area (Å²) < 4.78 is 5.44. The quantitative estimate of drug-likeness (QED) is 0.758. The van der Waals surface area contributed by atoms with Gasteiger partial charge in [-0.3, -0.25) is 4.79 Å². The van der Waals surface area contributed by atoms with Crippen molar-refractivity contribution < 1.29 is 14.3 Å². The van der Waals surface area contributed by atoms with E-state index in [0.717, 1.165) is 5.69 Å². The van der Waals surface area contributed by atoms with Crippen LogP contribution in [-0.4, -0.2) is 48.7 Å². The fourth-order valence-corrected chi connectivity index (χ4v) is 3.50. The van der Waals surface area contributed by atoms with Gasteiger partial charge in [-0.05, 0) is 51.1 Å². The van der Waals surface area contributed by atoms with Gasteiger partial charge in [-0.1, -0.05) is 23.7 Å². The Morgan fingerprint density at radius 1 is 1.10 bits per heavy atom. The maximum Gasteiger partial charge on any atom is 0.410 e. The Morgan fingerprint density at radius 3 is 2.39 bits per heavy atom. The summed E-state index contributed by atoms with van der Waals surface area (Å²) in [4.78, 5) is 28.6. The molecule has 2 amide bonds. The van der Waals surface area contributed by atoms with Gasteiger partial charge in [0, 0.05) is 36.8 Å². The lowest BCUT2D eigenvalue weighted by Crippen LogP contribution is -2.50. The largest absolute Gasteiger partial charge is 0.444 e. The Kier molecular flexibility index (Phi) is 6.71. The van der Waals surface area contributed by atoms with Crippen LogP contribution < -0.4 is 10.2 Å². The molecule has 0 saturated carbocycles. The van der Waals surface area contributed by atoms with Crippen molar-refractivity contribution in [2.75, 3.05) is 36.4 Å². The standard InChI is InChI=1S/C23H25ClN4O3/c1-23(2,3)31-22(30)28-12-10-27(11-13-28)20-9-5-8-19(18(20)15-25)26-21(29)16-6-4-7-17(24)14-16/h4-9,14H,10-13H2,1-3H3,(H,26,29). The Hall–Kier alpha value is -3.24. The number of rotatable bonds is 3. The van der Waals surface area contributed by atoms with Crippen LogP contribution in [0.3, 0.4) is 0 Å². The first kappa shape index (κ1) is 22.4. The molecule has 7 nitrogen and oxygen atoms in total. The van der Waals surface area contributed by atoms with Gasteiger partial charge in [-0.2, -0.15) is 5.26 Å². The lowest BCUT2D eigenvalue weighted by atomic mass is 10.1. The highest BCUT2D eigenvalue weighted by Gasteiger charge is 2.27. The molecule has 2 aromatic rings. The first-order chi connectivity index (χ1) is 14.7. The Labute approximate surface area is 187 Å². The Morgan fingerprint density at radius 2 is 1.77 bits per heavy atom. The summed E-state index contributed by atoms with van der Waals surface area (Å²) in [6.45, 7) is 7.59. The molecule has 3 rings (SSSR count). The number of hydrogen-bond donors (Lipinski definition) is 1.